The minimum absolute atomic E-state index is 0.146. The summed E-state index contributed by atoms with van der Waals surface area (Å²) in [5.74, 6) is -2.90. The van der Waals surface area contributed by atoms with E-state index in [9.17, 15) is 19.2 Å². The lowest BCUT2D eigenvalue weighted by atomic mass is 9.99. The maximum absolute atomic E-state index is 13.0. The Kier molecular flexibility index (Phi) is 10.3. The fraction of sp³-hybridized carbons (Fsp3) is 0.250. The smallest absolute Gasteiger partial charge is 0.303 e. The number of carboxylic acids is 1. The Hall–Kier alpha value is -5.12. The van der Waals surface area contributed by atoms with Crippen LogP contribution in [0.25, 0.3) is 22.3 Å². The third-order valence-corrected chi connectivity index (χ3v) is 7.00. The van der Waals surface area contributed by atoms with Gasteiger partial charge in [0, 0.05) is 31.2 Å². The third kappa shape index (κ3) is 8.69. The molecular formula is C32H35N5O5. The molecule has 0 aromatic heterocycles. The number of amides is 3. The van der Waals surface area contributed by atoms with Gasteiger partial charge in [-0.15, -0.1) is 0 Å². The first kappa shape index (κ1) is 29.9. The highest BCUT2D eigenvalue weighted by molar-refractivity contribution is 5.92. The van der Waals surface area contributed by atoms with Gasteiger partial charge in [-0.1, -0.05) is 78.9 Å². The van der Waals surface area contributed by atoms with Crippen molar-refractivity contribution in [3.05, 3.63) is 96.3 Å². The number of aliphatic carboxylic acids is 1. The zero-order valence-electron chi connectivity index (χ0n) is 23.1. The summed E-state index contributed by atoms with van der Waals surface area (Å²) in [7, 11) is 0. The summed E-state index contributed by atoms with van der Waals surface area (Å²) in [6.07, 6.45) is 2.01. The topological polar surface area (TPSA) is 163 Å². The molecule has 4 rings (SSSR count). The molecule has 0 saturated heterocycles. The lowest BCUT2D eigenvalue weighted by molar-refractivity contribution is -0.137. The molecule has 0 radical (unpaired) electrons. The van der Waals surface area contributed by atoms with Gasteiger partial charge in [0.15, 0.2) is 0 Å². The van der Waals surface area contributed by atoms with E-state index in [1.54, 1.807) is 6.20 Å². The number of nitrogens with two attached hydrogens (primary N) is 1. The van der Waals surface area contributed by atoms with E-state index >= 15 is 0 Å². The zero-order valence-corrected chi connectivity index (χ0v) is 23.1. The lowest BCUT2D eigenvalue weighted by Crippen LogP contribution is -2.53. The van der Waals surface area contributed by atoms with Gasteiger partial charge in [0.05, 0.1) is 6.67 Å². The molecule has 1 heterocycles. The first-order chi connectivity index (χ1) is 20.3. The van der Waals surface area contributed by atoms with E-state index in [0.29, 0.717) is 18.8 Å². The number of hydrogen-bond donors (Lipinski definition) is 6. The van der Waals surface area contributed by atoms with E-state index in [1.807, 2.05) is 42.5 Å². The molecule has 0 bridgehead atoms. The monoisotopic (exact) mass is 569 g/mol. The minimum Gasteiger partial charge on any atom is -0.481 e. The van der Waals surface area contributed by atoms with Crippen molar-refractivity contribution < 1.29 is 24.3 Å². The molecule has 0 aliphatic carbocycles. The molecule has 1 aliphatic heterocycles. The van der Waals surface area contributed by atoms with Crippen LogP contribution in [0, 0.1) is 0 Å². The highest BCUT2D eigenvalue weighted by Crippen LogP contribution is 2.25. The van der Waals surface area contributed by atoms with E-state index in [0.717, 1.165) is 27.8 Å². The second-order valence-electron chi connectivity index (χ2n) is 10.1. The number of rotatable bonds is 14. The summed E-state index contributed by atoms with van der Waals surface area (Å²) in [5, 5.41) is 20.2. The van der Waals surface area contributed by atoms with Crippen molar-refractivity contribution in [2.45, 2.75) is 44.2 Å². The summed E-state index contributed by atoms with van der Waals surface area (Å²) < 4.78 is 0. The maximum atomic E-state index is 13.0. The molecular weight excluding hydrogens is 534 g/mol. The van der Waals surface area contributed by atoms with Gasteiger partial charge in [0.2, 0.25) is 17.7 Å². The molecule has 0 saturated carbocycles. The Morgan fingerprint density at radius 2 is 1.38 bits per heavy atom. The van der Waals surface area contributed by atoms with Gasteiger partial charge in [-0.25, -0.2) is 0 Å². The van der Waals surface area contributed by atoms with Gasteiger partial charge in [0.25, 0.3) is 0 Å². The van der Waals surface area contributed by atoms with Crippen LogP contribution in [-0.4, -0.2) is 47.5 Å². The fourth-order valence-corrected chi connectivity index (χ4v) is 4.65. The number of carbonyl (C=O) groups is 4. The third-order valence-electron chi connectivity index (χ3n) is 7.00. The molecule has 42 heavy (non-hydrogen) atoms. The van der Waals surface area contributed by atoms with Gasteiger partial charge in [-0.3, -0.25) is 19.2 Å². The molecule has 0 unspecified atom stereocenters. The van der Waals surface area contributed by atoms with Crippen molar-refractivity contribution in [1.29, 1.82) is 0 Å². The molecule has 10 heteroatoms. The second-order valence-corrected chi connectivity index (χ2v) is 10.1. The van der Waals surface area contributed by atoms with Gasteiger partial charge in [-0.2, -0.15) is 0 Å². The number of benzene rings is 3. The average molecular weight is 570 g/mol. The van der Waals surface area contributed by atoms with Gasteiger partial charge < -0.3 is 32.1 Å². The van der Waals surface area contributed by atoms with Crippen LogP contribution >= 0.6 is 0 Å². The number of hydrogen-bond acceptors (Lipinski definition) is 6. The summed E-state index contributed by atoms with van der Waals surface area (Å²) in [5.41, 5.74) is 11.5. The molecule has 0 fully saturated rings. The van der Waals surface area contributed by atoms with Crippen molar-refractivity contribution in [1.82, 2.24) is 21.3 Å². The van der Waals surface area contributed by atoms with E-state index in [4.69, 9.17) is 10.8 Å². The fourth-order valence-electron chi connectivity index (χ4n) is 4.65. The van der Waals surface area contributed by atoms with E-state index < -0.39 is 29.9 Å². The molecule has 218 valence electrons. The van der Waals surface area contributed by atoms with Crippen LogP contribution in [0.4, 0.5) is 0 Å². The largest absolute Gasteiger partial charge is 0.481 e. The summed E-state index contributed by atoms with van der Waals surface area (Å²) in [4.78, 5) is 48.6. The molecule has 0 spiro atoms. The van der Waals surface area contributed by atoms with Crippen molar-refractivity contribution in [2.75, 3.05) is 6.67 Å². The van der Waals surface area contributed by atoms with Crippen LogP contribution < -0.4 is 27.0 Å². The number of carboxylic acid groups (broad SMARTS) is 1. The molecule has 2 atom stereocenters. The molecule has 3 aromatic rings. The summed E-state index contributed by atoms with van der Waals surface area (Å²) >= 11 is 0. The molecule has 3 aromatic carbocycles. The highest BCUT2D eigenvalue weighted by Gasteiger charge is 2.27. The first-order valence-corrected chi connectivity index (χ1v) is 13.8. The Bertz CT molecular complexity index is 1420. The number of aryl methyl sites for hydroxylation is 1. The Balaban J connectivity index is 1.33. The standard InChI is InChI=1S/C32H35N5O5/c33-31(41)27(15-17-30(39)40)37-32(42)28(18-26-19-34-20-35-26)36-29(38)16-8-21-6-9-23(10-7-21)25-13-11-24(12-14-25)22-4-2-1-3-5-22/h1-7,9-14,19,27-28,34-35H,8,15-18,20H2,(H2,33,41)(H,36,38)(H,37,42)(H,39,40)/t27-,28-/m0/s1. The Morgan fingerprint density at radius 1 is 0.786 bits per heavy atom. The summed E-state index contributed by atoms with van der Waals surface area (Å²) in [6.45, 7) is 0.493. The van der Waals surface area contributed by atoms with Crippen molar-refractivity contribution >= 4 is 23.7 Å². The summed E-state index contributed by atoms with van der Waals surface area (Å²) in [6, 6.07) is 24.4. The molecule has 7 N–H and O–H groups in total. The van der Waals surface area contributed by atoms with Crippen LogP contribution in [0.15, 0.2) is 90.8 Å². The average Bonchev–Trinajstić information content (AvgIpc) is 3.51. The van der Waals surface area contributed by atoms with Gasteiger partial charge >= 0.3 is 5.97 Å². The maximum Gasteiger partial charge on any atom is 0.303 e. The zero-order chi connectivity index (χ0) is 29.9. The number of nitrogens with one attached hydrogen (secondary N) is 4. The van der Waals surface area contributed by atoms with Crippen LogP contribution in [0.1, 0.15) is 31.2 Å². The first-order valence-electron chi connectivity index (χ1n) is 13.8. The molecule has 1 aliphatic rings. The quantitative estimate of drug-likeness (QED) is 0.174. The van der Waals surface area contributed by atoms with Crippen LogP contribution in [0.5, 0.6) is 0 Å². The lowest BCUT2D eigenvalue weighted by Gasteiger charge is -2.22. The van der Waals surface area contributed by atoms with Crippen LogP contribution in [0.2, 0.25) is 0 Å². The number of carbonyl (C=O) groups excluding carboxylic acids is 3. The van der Waals surface area contributed by atoms with Crippen LogP contribution in [-0.2, 0) is 25.6 Å². The Labute approximate surface area is 244 Å². The van der Waals surface area contributed by atoms with E-state index in [1.165, 1.54) is 0 Å². The highest BCUT2D eigenvalue weighted by atomic mass is 16.4. The van der Waals surface area contributed by atoms with Crippen molar-refractivity contribution in [3.63, 3.8) is 0 Å². The van der Waals surface area contributed by atoms with E-state index in [2.05, 4.69) is 57.7 Å². The Morgan fingerprint density at radius 3 is 1.93 bits per heavy atom. The molecule has 3 amide bonds. The SMILES string of the molecule is NC(=O)[C@H](CCC(=O)O)NC(=O)[C@H](CC1=CNCN1)NC(=O)CCc1ccc(-c2ccc(-c3ccccc3)cc2)cc1. The van der Waals surface area contributed by atoms with Crippen LogP contribution in [0.3, 0.4) is 0 Å². The normalized spacial score (nSPS) is 13.6. The predicted octanol–water partition coefficient (Wildman–Crippen LogP) is 2.65. The minimum atomic E-state index is -1.16. The number of primary amides is 1. The predicted molar refractivity (Wildman–Crippen MR) is 159 cm³/mol. The van der Waals surface area contributed by atoms with Crippen molar-refractivity contribution in [3.8, 4) is 22.3 Å². The van der Waals surface area contributed by atoms with Gasteiger partial charge in [0.1, 0.15) is 12.1 Å². The van der Waals surface area contributed by atoms with Crippen molar-refractivity contribution in [2.24, 2.45) is 5.73 Å². The van der Waals surface area contributed by atoms with Gasteiger partial charge in [-0.05, 0) is 40.7 Å². The van der Waals surface area contributed by atoms with E-state index in [-0.39, 0.29) is 31.6 Å². The molecule has 10 nitrogen and oxygen atoms in total. The second kappa shape index (κ2) is 14.5.